The van der Waals surface area contributed by atoms with E-state index in [1.54, 1.807) is 7.11 Å². The summed E-state index contributed by atoms with van der Waals surface area (Å²) < 4.78 is 7.46. The highest BCUT2D eigenvalue weighted by Gasteiger charge is 2.31. The Morgan fingerprint density at radius 2 is 2.21 bits per heavy atom. The summed E-state index contributed by atoms with van der Waals surface area (Å²) in [5.74, 6) is 2.07. The number of rotatable bonds is 6. The molecule has 0 aliphatic carbocycles. The summed E-state index contributed by atoms with van der Waals surface area (Å²) in [6.45, 7) is 4.94. The molecule has 7 heteroatoms. The highest BCUT2D eigenvalue weighted by Crippen LogP contribution is 2.29. The lowest BCUT2D eigenvalue weighted by Crippen LogP contribution is -2.38. The molecular formula is C22H27N5O2. The minimum atomic E-state index is -0.0356. The number of likely N-dealkylation sites (tertiary alicyclic amines) is 1. The van der Waals surface area contributed by atoms with E-state index in [2.05, 4.69) is 21.8 Å². The fraction of sp³-hybridized carbons (Fsp3) is 0.409. The number of nitrogens with zero attached hydrogens (tertiary/aromatic N) is 4. The van der Waals surface area contributed by atoms with E-state index >= 15 is 0 Å². The second-order valence-corrected chi connectivity index (χ2v) is 7.41. The number of amides is 2. The second-order valence-electron chi connectivity index (χ2n) is 7.41. The summed E-state index contributed by atoms with van der Waals surface area (Å²) in [4.78, 5) is 23.9. The first-order valence-electron chi connectivity index (χ1n) is 10.2. The molecule has 2 amide bonds. The first-order chi connectivity index (χ1) is 14.2. The molecule has 1 fully saturated rings. The van der Waals surface area contributed by atoms with Gasteiger partial charge >= 0.3 is 6.03 Å². The summed E-state index contributed by atoms with van der Waals surface area (Å²) in [6.07, 6.45) is 3.75. The van der Waals surface area contributed by atoms with E-state index in [0.29, 0.717) is 13.1 Å². The number of hydrogen-bond donors (Lipinski definition) is 1. The average molecular weight is 393 g/mol. The second kappa shape index (κ2) is 8.51. The number of methoxy groups -OCH3 is 1. The molecule has 0 bridgehead atoms. The van der Waals surface area contributed by atoms with Crippen LogP contribution in [-0.4, -0.2) is 45.7 Å². The minimum absolute atomic E-state index is 0.0356. The van der Waals surface area contributed by atoms with Crippen LogP contribution in [-0.2, 0) is 13.1 Å². The number of aryl methyl sites for hydroxylation is 1. The molecule has 1 aliphatic heterocycles. The number of hydrogen-bond acceptors (Lipinski definition) is 4. The van der Waals surface area contributed by atoms with Crippen LogP contribution in [0.15, 0.2) is 42.6 Å². The van der Waals surface area contributed by atoms with Gasteiger partial charge in [0.1, 0.15) is 17.1 Å². The van der Waals surface area contributed by atoms with Crippen LogP contribution in [0, 0.1) is 0 Å². The van der Waals surface area contributed by atoms with Crippen molar-refractivity contribution in [1.29, 1.82) is 0 Å². The Morgan fingerprint density at radius 3 is 3.03 bits per heavy atom. The normalized spacial score (nSPS) is 16.3. The molecule has 3 heterocycles. The summed E-state index contributed by atoms with van der Waals surface area (Å²) in [5.41, 5.74) is 2.88. The Balaban J connectivity index is 1.43. The lowest BCUT2D eigenvalue weighted by Gasteiger charge is -2.18. The van der Waals surface area contributed by atoms with Gasteiger partial charge < -0.3 is 19.5 Å². The van der Waals surface area contributed by atoms with Gasteiger partial charge in [0.25, 0.3) is 0 Å². The number of benzene rings is 1. The molecule has 1 N–H and O–H groups in total. The van der Waals surface area contributed by atoms with E-state index < -0.39 is 0 Å². The Kier molecular flexibility index (Phi) is 5.64. The van der Waals surface area contributed by atoms with Gasteiger partial charge in [-0.15, -0.1) is 0 Å². The maximum absolute atomic E-state index is 12.7. The lowest BCUT2D eigenvalue weighted by molar-refractivity contribution is 0.207. The van der Waals surface area contributed by atoms with E-state index in [1.807, 2.05) is 47.5 Å². The predicted molar refractivity (Wildman–Crippen MR) is 112 cm³/mol. The molecule has 7 nitrogen and oxygen atoms in total. The topological polar surface area (TPSA) is 72.3 Å². The zero-order valence-electron chi connectivity index (χ0n) is 17.0. The van der Waals surface area contributed by atoms with Gasteiger partial charge in [-0.05, 0) is 42.7 Å². The van der Waals surface area contributed by atoms with Crippen molar-refractivity contribution in [1.82, 2.24) is 24.8 Å². The van der Waals surface area contributed by atoms with Crippen LogP contribution in [0.3, 0.4) is 0 Å². The number of pyridine rings is 1. The lowest BCUT2D eigenvalue weighted by atomic mass is 10.1. The summed E-state index contributed by atoms with van der Waals surface area (Å²) in [6, 6.07) is 11.6. The number of carbonyl (C=O) groups is 1. The Morgan fingerprint density at radius 1 is 1.31 bits per heavy atom. The van der Waals surface area contributed by atoms with Gasteiger partial charge in [-0.25, -0.2) is 14.8 Å². The van der Waals surface area contributed by atoms with Crippen LogP contribution in [0.1, 0.15) is 37.1 Å². The third-order valence-electron chi connectivity index (χ3n) is 5.40. The van der Waals surface area contributed by atoms with Gasteiger partial charge in [0, 0.05) is 38.3 Å². The Hall–Kier alpha value is -3.09. The fourth-order valence-corrected chi connectivity index (χ4v) is 3.96. The zero-order chi connectivity index (χ0) is 20.2. The maximum atomic E-state index is 12.7. The summed E-state index contributed by atoms with van der Waals surface area (Å²) in [5, 5.41) is 3.02. The van der Waals surface area contributed by atoms with Crippen molar-refractivity contribution in [2.45, 2.75) is 38.8 Å². The SMILES string of the molecule is CCCn1c(C2CCN(C(=O)NCc3cccc(OC)c3)C2)nc2cccnc21. The first kappa shape index (κ1) is 19.2. The molecular weight excluding hydrogens is 366 g/mol. The van der Waals surface area contributed by atoms with E-state index in [4.69, 9.17) is 9.72 Å². The van der Waals surface area contributed by atoms with Gasteiger partial charge in [-0.1, -0.05) is 19.1 Å². The monoisotopic (exact) mass is 393 g/mol. The highest BCUT2D eigenvalue weighted by atomic mass is 16.5. The van der Waals surface area contributed by atoms with Crippen molar-refractivity contribution < 1.29 is 9.53 Å². The summed E-state index contributed by atoms with van der Waals surface area (Å²) in [7, 11) is 1.64. The van der Waals surface area contributed by atoms with Crippen LogP contribution in [0.25, 0.3) is 11.2 Å². The van der Waals surface area contributed by atoms with E-state index in [9.17, 15) is 4.79 Å². The third-order valence-corrected chi connectivity index (χ3v) is 5.40. The molecule has 1 unspecified atom stereocenters. The van der Waals surface area contributed by atoms with Crippen LogP contribution in [0.4, 0.5) is 4.79 Å². The highest BCUT2D eigenvalue weighted by molar-refractivity contribution is 5.75. The molecule has 0 radical (unpaired) electrons. The van der Waals surface area contributed by atoms with Crippen molar-refractivity contribution in [3.8, 4) is 5.75 Å². The number of carbonyl (C=O) groups excluding carboxylic acids is 1. The molecule has 1 aliphatic rings. The van der Waals surface area contributed by atoms with Crippen molar-refractivity contribution in [3.63, 3.8) is 0 Å². The third kappa shape index (κ3) is 4.04. The first-order valence-corrected chi connectivity index (χ1v) is 10.2. The molecule has 2 aromatic heterocycles. The van der Waals surface area contributed by atoms with E-state index in [0.717, 1.165) is 54.2 Å². The Labute approximate surface area is 170 Å². The van der Waals surface area contributed by atoms with Gasteiger partial charge in [0.05, 0.1) is 7.11 Å². The van der Waals surface area contributed by atoms with Gasteiger partial charge in [0.15, 0.2) is 5.65 Å². The summed E-state index contributed by atoms with van der Waals surface area (Å²) >= 11 is 0. The standard InChI is InChI=1S/C22H27N5O2/c1-3-11-27-20(25-19-8-5-10-23-21(19)27)17-9-12-26(15-17)22(28)24-14-16-6-4-7-18(13-16)29-2/h4-8,10,13,17H,3,9,11-12,14-15H2,1-2H3,(H,24,28). The van der Waals surface area contributed by atoms with Crippen molar-refractivity contribution in [2.75, 3.05) is 20.2 Å². The number of imidazole rings is 1. The van der Waals surface area contributed by atoms with Crippen LogP contribution < -0.4 is 10.1 Å². The Bertz CT molecular complexity index is 1000. The number of nitrogens with one attached hydrogen (secondary N) is 1. The number of fused-ring (bicyclic) bond motifs is 1. The van der Waals surface area contributed by atoms with Gasteiger partial charge in [-0.2, -0.15) is 0 Å². The van der Waals surface area contributed by atoms with Crippen molar-refractivity contribution in [3.05, 3.63) is 54.0 Å². The zero-order valence-corrected chi connectivity index (χ0v) is 17.0. The molecule has 1 saturated heterocycles. The smallest absolute Gasteiger partial charge is 0.317 e. The van der Waals surface area contributed by atoms with Gasteiger partial charge in [-0.3, -0.25) is 0 Å². The quantitative estimate of drug-likeness (QED) is 0.695. The molecule has 29 heavy (non-hydrogen) atoms. The molecule has 1 atom stereocenters. The number of aromatic nitrogens is 3. The van der Waals surface area contributed by atoms with Crippen molar-refractivity contribution in [2.24, 2.45) is 0 Å². The molecule has 0 spiro atoms. The van der Waals surface area contributed by atoms with E-state index in [1.165, 1.54) is 0 Å². The molecule has 152 valence electrons. The van der Waals surface area contributed by atoms with Crippen LogP contribution in [0.2, 0.25) is 0 Å². The molecule has 1 aromatic carbocycles. The average Bonchev–Trinajstić information content (AvgIpc) is 3.38. The molecule has 3 aromatic rings. The van der Waals surface area contributed by atoms with Crippen molar-refractivity contribution >= 4 is 17.2 Å². The molecule has 0 saturated carbocycles. The van der Waals surface area contributed by atoms with Gasteiger partial charge in [0.2, 0.25) is 0 Å². The fourth-order valence-electron chi connectivity index (χ4n) is 3.96. The maximum Gasteiger partial charge on any atom is 0.317 e. The van der Waals surface area contributed by atoms with E-state index in [-0.39, 0.29) is 11.9 Å². The number of urea groups is 1. The predicted octanol–water partition coefficient (Wildman–Crippen LogP) is 3.55. The largest absolute Gasteiger partial charge is 0.497 e. The van der Waals surface area contributed by atoms with Crippen LogP contribution in [0.5, 0.6) is 5.75 Å². The number of ether oxygens (including phenoxy) is 1. The minimum Gasteiger partial charge on any atom is -0.497 e. The van der Waals surface area contributed by atoms with Crippen LogP contribution >= 0.6 is 0 Å². The molecule has 4 rings (SSSR count).